The van der Waals surface area contributed by atoms with Crippen molar-refractivity contribution in [3.05, 3.63) is 60.0 Å². The van der Waals surface area contributed by atoms with Crippen LogP contribution in [0, 0.1) is 5.41 Å². The quantitative estimate of drug-likeness (QED) is 0.372. The minimum Gasteiger partial charge on any atom is -0.489 e. The molecule has 1 spiro atoms. The van der Waals surface area contributed by atoms with Crippen LogP contribution in [0.2, 0.25) is 0 Å². The fourth-order valence-electron chi connectivity index (χ4n) is 8.01. The third kappa shape index (κ3) is 5.36. The van der Waals surface area contributed by atoms with Gasteiger partial charge >= 0.3 is 0 Å². The Kier molecular flexibility index (Phi) is 7.55. The minimum absolute atomic E-state index is 0.00803. The number of hydrogen-bond donors (Lipinski definition) is 0. The molecule has 42 heavy (non-hydrogen) atoms. The molecule has 8 nitrogen and oxygen atoms in total. The maximum atomic E-state index is 14.4. The number of imidazole rings is 1. The Bertz CT molecular complexity index is 1440. The van der Waals surface area contributed by atoms with Gasteiger partial charge in [-0.3, -0.25) is 9.59 Å². The third-order valence-corrected chi connectivity index (χ3v) is 10.2. The van der Waals surface area contributed by atoms with Crippen molar-refractivity contribution in [2.24, 2.45) is 5.41 Å². The lowest BCUT2D eigenvalue weighted by atomic mass is 9.68. The van der Waals surface area contributed by atoms with Crippen LogP contribution in [0.5, 0.6) is 11.5 Å². The van der Waals surface area contributed by atoms with Crippen molar-refractivity contribution in [2.75, 3.05) is 19.6 Å². The lowest BCUT2D eigenvalue weighted by molar-refractivity contribution is -0.152. The molecule has 0 bridgehead atoms. The standard InChI is InChI=1S/C34H42N4O4/c39-32(36-18-5-6-19-36)23-38(30-7-1-2-14-34(30)15-3-4-16-34)33(40)28-12-10-26-9-11-27(21-29(26)42-28)41-24-25-8-13-31-35-17-20-37(31)22-25/h8-9,11,13,17,20-22,28,30H,1-7,10,12,14-16,18-19,23-24H2/t28-,30-/m0/s1. The summed E-state index contributed by atoms with van der Waals surface area (Å²) in [5.41, 5.74) is 3.20. The molecule has 3 fully saturated rings. The molecule has 1 aromatic carbocycles. The number of carbonyl (C=O) groups is 2. The second-order valence-electron chi connectivity index (χ2n) is 12.8. The normalized spacial score (nSPS) is 23.1. The van der Waals surface area contributed by atoms with Gasteiger partial charge in [-0.2, -0.15) is 0 Å². The van der Waals surface area contributed by atoms with Crippen molar-refractivity contribution in [3.8, 4) is 11.5 Å². The highest BCUT2D eigenvalue weighted by Crippen LogP contribution is 2.51. The number of ether oxygens (including phenoxy) is 2. The van der Waals surface area contributed by atoms with E-state index in [9.17, 15) is 9.59 Å². The molecule has 2 aliphatic carbocycles. The van der Waals surface area contributed by atoms with Gasteiger partial charge < -0.3 is 23.7 Å². The number of benzene rings is 1. The number of aryl methyl sites for hydroxylation is 1. The molecule has 2 amide bonds. The summed E-state index contributed by atoms with van der Waals surface area (Å²) in [7, 11) is 0. The van der Waals surface area contributed by atoms with Crippen molar-refractivity contribution in [2.45, 2.75) is 95.8 Å². The summed E-state index contributed by atoms with van der Waals surface area (Å²) in [4.78, 5) is 36.1. The molecule has 0 N–H and O–H groups in total. The number of rotatable bonds is 7. The first-order chi connectivity index (χ1) is 20.6. The Labute approximate surface area is 248 Å². The van der Waals surface area contributed by atoms with Gasteiger partial charge in [-0.1, -0.05) is 37.8 Å². The third-order valence-electron chi connectivity index (χ3n) is 10.2. The first-order valence-corrected chi connectivity index (χ1v) is 16.0. The summed E-state index contributed by atoms with van der Waals surface area (Å²) in [6.45, 7) is 2.22. The highest BCUT2D eigenvalue weighted by atomic mass is 16.5. The van der Waals surface area contributed by atoms with E-state index in [1.807, 2.05) is 56.9 Å². The molecular formula is C34H42N4O4. The van der Waals surface area contributed by atoms with E-state index in [0.717, 1.165) is 62.0 Å². The van der Waals surface area contributed by atoms with Crippen molar-refractivity contribution in [3.63, 3.8) is 0 Å². The predicted molar refractivity (Wildman–Crippen MR) is 159 cm³/mol. The van der Waals surface area contributed by atoms with E-state index in [1.54, 1.807) is 6.20 Å². The van der Waals surface area contributed by atoms with Gasteiger partial charge in [0, 0.05) is 49.4 Å². The minimum atomic E-state index is -0.580. The number of likely N-dealkylation sites (tertiary alicyclic amines) is 1. The summed E-state index contributed by atoms with van der Waals surface area (Å²) >= 11 is 0. The van der Waals surface area contributed by atoms with E-state index in [2.05, 4.69) is 4.98 Å². The van der Waals surface area contributed by atoms with Gasteiger partial charge in [0.25, 0.3) is 5.91 Å². The molecular weight excluding hydrogens is 528 g/mol. The van der Waals surface area contributed by atoms with Crippen molar-refractivity contribution in [1.29, 1.82) is 0 Å². The molecule has 3 aromatic rings. The van der Waals surface area contributed by atoms with E-state index < -0.39 is 6.10 Å². The lowest BCUT2D eigenvalue weighted by Crippen LogP contribution is -2.57. The number of fused-ring (bicyclic) bond motifs is 2. The molecule has 2 saturated carbocycles. The van der Waals surface area contributed by atoms with Gasteiger partial charge in [0.15, 0.2) is 6.10 Å². The molecule has 0 unspecified atom stereocenters. The Balaban J connectivity index is 1.08. The van der Waals surface area contributed by atoms with Crippen molar-refractivity contribution >= 4 is 17.5 Å². The Hall–Kier alpha value is -3.55. The van der Waals surface area contributed by atoms with Gasteiger partial charge in [-0.05, 0) is 74.5 Å². The summed E-state index contributed by atoms with van der Waals surface area (Å²) in [6.07, 6.45) is 18.0. The average Bonchev–Trinajstić information content (AvgIpc) is 3.81. The Morgan fingerprint density at radius 3 is 2.64 bits per heavy atom. The van der Waals surface area contributed by atoms with Crippen LogP contribution in [-0.4, -0.2) is 62.8 Å². The fourth-order valence-corrected chi connectivity index (χ4v) is 8.01. The first-order valence-electron chi connectivity index (χ1n) is 16.0. The van der Waals surface area contributed by atoms with Crippen LogP contribution in [-0.2, 0) is 22.6 Å². The Morgan fingerprint density at radius 1 is 1.00 bits per heavy atom. The van der Waals surface area contributed by atoms with Crippen LogP contribution < -0.4 is 9.47 Å². The zero-order valence-corrected chi connectivity index (χ0v) is 24.5. The van der Waals surface area contributed by atoms with Gasteiger partial charge in [0.05, 0.1) is 0 Å². The summed E-state index contributed by atoms with van der Waals surface area (Å²) < 4.78 is 14.6. The number of amides is 2. The second kappa shape index (κ2) is 11.6. The topological polar surface area (TPSA) is 76.4 Å². The number of aromatic nitrogens is 2. The fraction of sp³-hybridized carbons (Fsp3) is 0.559. The van der Waals surface area contributed by atoms with E-state index in [1.165, 1.54) is 38.5 Å². The average molecular weight is 571 g/mol. The van der Waals surface area contributed by atoms with E-state index in [0.29, 0.717) is 24.5 Å². The van der Waals surface area contributed by atoms with Crippen molar-refractivity contribution in [1.82, 2.24) is 19.2 Å². The zero-order chi connectivity index (χ0) is 28.5. The van der Waals surface area contributed by atoms with Gasteiger partial charge in [0.1, 0.15) is 30.3 Å². The van der Waals surface area contributed by atoms with E-state index in [-0.39, 0.29) is 29.8 Å². The highest BCUT2D eigenvalue weighted by Gasteiger charge is 2.48. The maximum Gasteiger partial charge on any atom is 0.264 e. The molecule has 1 saturated heterocycles. The molecule has 2 aromatic heterocycles. The van der Waals surface area contributed by atoms with E-state index in [4.69, 9.17) is 9.47 Å². The molecule has 8 heteroatoms. The molecule has 0 radical (unpaired) electrons. The van der Waals surface area contributed by atoms with E-state index >= 15 is 0 Å². The number of hydrogen-bond acceptors (Lipinski definition) is 5. The second-order valence-corrected chi connectivity index (χ2v) is 12.8. The lowest BCUT2D eigenvalue weighted by Gasteiger charge is -2.48. The zero-order valence-electron chi connectivity index (χ0n) is 24.5. The van der Waals surface area contributed by atoms with Crippen LogP contribution in [0.1, 0.15) is 81.8 Å². The molecule has 7 rings (SSSR count). The highest BCUT2D eigenvalue weighted by molar-refractivity contribution is 5.88. The monoisotopic (exact) mass is 570 g/mol. The van der Waals surface area contributed by atoms with Crippen molar-refractivity contribution < 1.29 is 19.1 Å². The molecule has 2 aliphatic heterocycles. The van der Waals surface area contributed by atoms with Crippen LogP contribution >= 0.6 is 0 Å². The summed E-state index contributed by atoms with van der Waals surface area (Å²) in [5.74, 6) is 1.52. The predicted octanol–water partition coefficient (Wildman–Crippen LogP) is 5.56. The maximum absolute atomic E-state index is 14.4. The van der Waals surface area contributed by atoms with Gasteiger partial charge in [-0.15, -0.1) is 0 Å². The molecule has 2 atom stereocenters. The Morgan fingerprint density at radius 2 is 1.81 bits per heavy atom. The molecule has 222 valence electrons. The first kappa shape index (κ1) is 27.3. The largest absolute Gasteiger partial charge is 0.489 e. The van der Waals surface area contributed by atoms with Gasteiger partial charge in [-0.25, -0.2) is 4.98 Å². The smallest absolute Gasteiger partial charge is 0.264 e. The molecule has 4 aliphatic rings. The van der Waals surface area contributed by atoms with Crippen LogP contribution in [0.15, 0.2) is 48.9 Å². The van der Waals surface area contributed by atoms with Gasteiger partial charge in [0.2, 0.25) is 5.91 Å². The number of pyridine rings is 1. The van der Waals surface area contributed by atoms with Crippen LogP contribution in [0.4, 0.5) is 0 Å². The van der Waals surface area contributed by atoms with Crippen LogP contribution in [0.25, 0.3) is 5.65 Å². The molecule has 4 heterocycles. The number of nitrogens with zero attached hydrogens (tertiary/aromatic N) is 4. The SMILES string of the molecule is O=C(CN(C(=O)[C@@H]1CCc2ccc(OCc3ccc4nccn4c3)cc2O1)[C@H]1CCCCC12CCCC2)N1CCCC1. The van der Waals surface area contributed by atoms with Crippen LogP contribution in [0.3, 0.4) is 0 Å². The number of carbonyl (C=O) groups excluding carboxylic acids is 2. The summed E-state index contributed by atoms with van der Waals surface area (Å²) in [6, 6.07) is 10.1. The summed E-state index contributed by atoms with van der Waals surface area (Å²) in [5, 5.41) is 0.